The van der Waals surface area contributed by atoms with E-state index >= 15 is 0 Å². The molecule has 4 N–H and O–H groups in total. The van der Waals surface area contributed by atoms with E-state index in [1.165, 1.54) is 0 Å². The van der Waals surface area contributed by atoms with E-state index in [-0.39, 0.29) is 17.9 Å². The fraction of sp³-hybridized carbons (Fsp3) is 0.200. The summed E-state index contributed by atoms with van der Waals surface area (Å²) in [6, 6.07) is 30.8. The molecule has 1 unspecified atom stereocenters. The van der Waals surface area contributed by atoms with Gasteiger partial charge in [-0.15, -0.1) is 0 Å². The normalized spacial score (nSPS) is 12.4. The van der Waals surface area contributed by atoms with Crippen LogP contribution in [-0.4, -0.2) is 37.1 Å². The average molecular weight is 626 g/mol. The molecule has 45 heavy (non-hydrogen) atoms. The van der Waals surface area contributed by atoms with Crippen LogP contribution in [0.15, 0.2) is 108 Å². The van der Waals surface area contributed by atoms with E-state index < -0.39 is 27.8 Å². The molecule has 10 heteroatoms. The first kappa shape index (κ1) is 31.5. The van der Waals surface area contributed by atoms with Gasteiger partial charge in [-0.25, -0.2) is 0 Å². The number of benzene rings is 4. The summed E-state index contributed by atoms with van der Waals surface area (Å²) in [4.78, 5) is 26.1. The van der Waals surface area contributed by atoms with E-state index in [9.17, 15) is 18.0 Å². The molecule has 4 aromatic carbocycles. The molecule has 0 fully saturated rings. The van der Waals surface area contributed by atoms with Gasteiger partial charge in [0.2, 0.25) is 0 Å². The highest BCUT2D eigenvalue weighted by Gasteiger charge is 2.23. The largest absolute Gasteiger partial charge is 0.456 e. The van der Waals surface area contributed by atoms with Crippen molar-refractivity contribution in [3.05, 3.63) is 120 Å². The maximum Gasteiger partial charge on any atom is 0.266 e. The Labute approximate surface area is 262 Å². The lowest BCUT2D eigenvalue weighted by Crippen LogP contribution is -2.29. The van der Waals surface area contributed by atoms with Gasteiger partial charge in [-0.2, -0.15) is 8.42 Å². The molecule has 1 aromatic heterocycles. The lowest BCUT2D eigenvalue weighted by molar-refractivity contribution is -0.117. The summed E-state index contributed by atoms with van der Waals surface area (Å²) in [5, 5.41) is 9.77. The minimum absolute atomic E-state index is 0.0525. The molecule has 9 nitrogen and oxygen atoms in total. The highest BCUT2D eigenvalue weighted by atomic mass is 32.2. The third kappa shape index (κ3) is 8.17. The third-order valence-corrected chi connectivity index (χ3v) is 8.06. The molecule has 0 spiro atoms. The molecule has 232 valence electrons. The van der Waals surface area contributed by atoms with Crippen LogP contribution in [0, 0.1) is 0 Å². The van der Waals surface area contributed by atoms with Crippen molar-refractivity contribution < 1.29 is 27.0 Å². The lowest BCUT2D eigenvalue weighted by Gasteiger charge is -2.23. The van der Waals surface area contributed by atoms with Crippen LogP contribution in [-0.2, 0) is 20.3 Å². The van der Waals surface area contributed by atoms with Gasteiger partial charge in [-0.3, -0.25) is 14.1 Å². The Morgan fingerprint density at radius 3 is 2.11 bits per heavy atom. The molecular weight excluding hydrogens is 590 g/mol. The van der Waals surface area contributed by atoms with Crippen LogP contribution in [0.25, 0.3) is 22.3 Å². The molecule has 5 rings (SSSR count). The number of hydrogen-bond donors (Lipinski definition) is 4. The predicted octanol–water partition coefficient (Wildman–Crippen LogP) is 6.81. The highest BCUT2D eigenvalue weighted by molar-refractivity contribution is 7.85. The maximum absolute atomic E-state index is 13.7. The lowest BCUT2D eigenvalue weighted by atomic mass is 9.86. The molecule has 0 aliphatic rings. The van der Waals surface area contributed by atoms with E-state index in [1.807, 2.05) is 78.9 Å². The van der Waals surface area contributed by atoms with Crippen LogP contribution in [0.3, 0.4) is 0 Å². The Balaban J connectivity index is 1.33. The summed E-state index contributed by atoms with van der Waals surface area (Å²) in [5.74, 6) is -0.597. The van der Waals surface area contributed by atoms with Gasteiger partial charge >= 0.3 is 0 Å². The van der Waals surface area contributed by atoms with Crippen molar-refractivity contribution in [2.24, 2.45) is 0 Å². The van der Waals surface area contributed by atoms with E-state index in [0.29, 0.717) is 16.9 Å². The van der Waals surface area contributed by atoms with Crippen molar-refractivity contribution in [2.45, 2.75) is 32.2 Å². The first-order chi connectivity index (χ1) is 21.4. The second kappa shape index (κ2) is 13.0. The van der Waals surface area contributed by atoms with Gasteiger partial charge in [-0.05, 0) is 77.2 Å². The summed E-state index contributed by atoms with van der Waals surface area (Å²) in [6.45, 7) is 6.16. The number of fused-ring (bicyclic) bond motifs is 1. The Morgan fingerprint density at radius 2 is 1.49 bits per heavy atom. The standard InChI is InChI=1S/C35H35N3O6S/c1-35(2,3)27-14-8-24(9-15-27)32(37-28-18-12-25(13-19-28)33(39)36-20-21-45(41,42)43)34(40)38-29-16-10-23(11-17-29)31-22-26-6-4-5-7-30(26)44-31/h4-19,22,32,37H,20-21H2,1-3H3,(H,36,39)(H,38,40)(H,41,42,43). The fourth-order valence-electron chi connectivity index (χ4n) is 4.81. The number of carbonyl (C=O) groups is 2. The Kier molecular flexibility index (Phi) is 9.08. The zero-order valence-electron chi connectivity index (χ0n) is 25.2. The van der Waals surface area contributed by atoms with E-state index in [2.05, 4.69) is 36.7 Å². The molecule has 5 aromatic rings. The zero-order chi connectivity index (χ0) is 32.2. The smallest absolute Gasteiger partial charge is 0.266 e. The van der Waals surface area contributed by atoms with Crippen LogP contribution in [0.4, 0.5) is 11.4 Å². The van der Waals surface area contributed by atoms with Gasteiger partial charge in [0.1, 0.15) is 17.4 Å². The van der Waals surface area contributed by atoms with Crippen LogP contribution < -0.4 is 16.0 Å². The molecule has 0 radical (unpaired) electrons. The van der Waals surface area contributed by atoms with Gasteiger partial charge in [0, 0.05) is 34.4 Å². The van der Waals surface area contributed by atoms with Crippen molar-refractivity contribution in [3.8, 4) is 11.3 Å². The number of rotatable bonds is 10. The van der Waals surface area contributed by atoms with Crippen molar-refractivity contribution in [1.82, 2.24) is 5.32 Å². The predicted molar refractivity (Wildman–Crippen MR) is 177 cm³/mol. The average Bonchev–Trinajstić information content (AvgIpc) is 3.44. The van der Waals surface area contributed by atoms with Crippen LogP contribution >= 0.6 is 0 Å². The summed E-state index contributed by atoms with van der Waals surface area (Å²) in [5.41, 5.74) is 5.06. The monoisotopic (exact) mass is 625 g/mol. The van der Waals surface area contributed by atoms with Crippen molar-refractivity contribution >= 4 is 44.3 Å². The van der Waals surface area contributed by atoms with Crippen LogP contribution in [0.2, 0.25) is 0 Å². The minimum atomic E-state index is -4.18. The van der Waals surface area contributed by atoms with Gasteiger partial charge in [0.05, 0.1) is 5.75 Å². The van der Waals surface area contributed by atoms with Gasteiger partial charge < -0.3 is 20.4 Å². The molecule has 0 aliphatic heterocycles. The second-order valence-electron chi connectivity index (χ2n) is 11.8. The quantitative estimate of drug-likeness (QED) is 0.125. The Morgan fingerprint density at radius 1 is 0.844 bits per heavy atom. The number of furan rings is 1. The van der Waals surface area contributed by atoms with Crippen LogP contribution in [0.5, 0.6) is 0 Å². The van der Waals surface area contributed by atoms with Gasteiger partial charge in [0.15, 0.2) is 0 Å². The molecule has 1 heterocycles. The first-order valence-corrected chi connectivity index (χ1v) is 16.1. The zero-order valence-corrected chi connectivity index (χ0v) is 26.0. The van der Waals surface area contributed by atoms with E-state index in [4.69, 9.17) is 8.97 Å². The SMILES string of the molecule is CC(C)(C)c1ccc(C(Nc2ccc(C(=O)NCCS(=O)(=O)O)cc2)C(=O)Nc2ccc(-c3cc4ccccc4o3)cc2)cc1. The molecule has 0 saturated heterocycles. The highest BCUT2D eigenvalue weighted by Crippen LogP contribution is 2.30. The Bertz CT molecular complexity index is 1870. The van der Waals surface area contributed by atoms with Gasteiger partial charge in [-0.1, -0.05) is 63.2 Å². The number of amides is 2. The van der Waals surface area contributed by atoms with Crippen molar-refractivity contribution in [2.75, 3.05) is 22.9 Å². The molecule has 0 aliphatic carbocycles. The topological polar surface area (TPSA) is 138 Å². The number of nitrogens with one attached hydrogen (secondary N) is 3. The van der Waals surface area contributed by atoms with E-state index in [1.54, 1.807) is 24.3 Å². The minimum Gasteiger partial charge on any atom is -0.456 e. The molecule has 2 amide bonds. The third-order valence-electron chi connectivity index (χ3n) is 7.34. The maximum atomic E-state index is 13.7. The number of anilines is 2. The molecular formula is C35H35N3O6S. The summed E-state index contributed by atoms with van der Waals surface area (Å²) < 4.78 is 36.7. The van der Waals surface area contributed by atoms with Crippen molar-refractivity contribution in [1.29, 1.82) is 0 Å². The fourth-order valence-corrected chi connectivity index (χ4v) is 5.17. The number of para-hydroxylation sites is 1. The van der Waals surface area contributed by atoms with E-state index in [0.717, 1.165) is 33.4 Å². The number of hydrogen-bond acceptors (Lipinski definition) is 6. The molecule has 0 saturated carbocycles. The van der Waals surface area contributed by atoms with Crippen LogP contribution in [0.1, 0.15) is 48.3 Å². The molecule has 1 atom stereocenters. The van der Waals surface area contributed by atoms with Gasteiger partial charge in [0.25, 0.3) is 21.9 Å². The first-order valence-electron chi connectivity index (χ1n) is 14.5. The Hall–Kier alpha value is -4.93. The summed E-state index contributed by atoms with van der Waals surface area (Å²) >= 11 is 0. The molecule has 0 bridgehead atoms. The second-order valence-corrected chi connectivity index (χ2v) is 13.4. The summed E-state index contributed by atoms with van der Waals surface area (Å²) in [7, 11) is -4.18. The summed E-state index contributed by atoms with van der Waals surface area (Å²) in [6.07, 6.45) is 0. The number of carbonyl (C=O) groups excluding carboxylic acids is 2. The van der Waals surface area contributed by atoms with Crippen molar-refractivity contribution in [3.63, 3.8) is 0 Å².